The van der Waals surface area contributed by atoms with Crippen LogP contribution in [0.1, 0.15) is 35.5 Å². The maximum absolute atomic E-state index is 5.60. The molecule has 3 rings (SSSR count). The van der Waals surface area contributed by atoms with Gasteiger partial charge in [-0.05, 0) is 38.2 Å². The van der Waals surface area contributed by atoms with Crippen molar-refractivity contribution in [1.82, 2.24) is 9.97 Å². The Labute approximate surface area is 125 Å². The van der Waals surface area contributed by atoms with Gasteiger partial charge in [0.2, 0.25) is 0 Å². The molecule has 0 bridgehead atoms. The summed E-state index contributed by atoms with van der Waals surface area (Å²) in [4.78, 5) is 14.9. The second-order valence-corrected chi connectivity index (χ2v) is 5.43. The van der Waals surface area contributed by atoms with Gasteiger partial charge in [0.05, 0.1) is 13.7 Å². The van der Waals surface area contributed by atoms with Crippen molar-refractivity contribution < 1.29 is 4.84 Å². The van der Waals surface area contributed by atoms with Crippen molar-refractivity contribution in [1.29, 1.82) is 0 Å². The molecule has 0 saturated heterocycles. The number of rotatable bonds is 4. The maximum Gasteiger partial charge on any atom is 0.159 e. The van der Waals surface area contributed by atoms with Crippen LogP contribution < -0.4 is 5.06 Å². The first-order chi connectivity index (χ1) is 10.3. The third-order valence-corrected chi connectivity index (χ3v) is 3.90. The van der Waals surface area contributed by atoms with E-state index in [1.165, 1.54) is 29.7 Å². The molecule has 1 heterocycles. The number of hydrogen-bond acceptors (Lipinski definition) is 4. The van der Waals surface area contributed by atoms with E-state index in [0.717, 1.165) is 24.5 Å². The molecule has 0 N–H and O–H groups in total. The predicted octanol–water partition coefficient (Wildman–Crippen LogP) is 3.23. The van der Waals surface area contributed by atoms with E-state index in [2.05, 4.69) is 22.1 Å². The summed E-state index contributed by atoms with van der Waals surface area (Å²) in [6.07, 6.45) is 4.51. The van der Waals surface area contributed by atoms with Crippen LogP contribution in [0.15, 0.2) is 30.3 Å². The van der Waals surface area contributed by atoms with Gasteiger partial charge in [0.25, 0.3) is 0 Å². The van der Waals surface area contributed by atoms with Crippen LogP contribution in [0.5, 0.6) is 0 Å². The molecular weight excluding hydrogens is 262 g/mol. The number of fused-ring (bicyclic) bond motifs is 1. The highest BCUT2D eigenvalue weighted by molar-refractivity contribution is 5.49. The number of aromatic nitrogens is 2. The zero-order valence-electron chi connectivity index (χ0n) is 12.7. The van der Waals surface area contributed by atoms with Gasteiger partial charge in [-0.15, -0.1) is 0 Å². The quantitative estimate of drug-likeness (QED) is 0.807. The lowest BCUT2D eigenvalue weighted by Crippen LogP contribution is -2.26. The minimum absolute atomic E-state index is 0.695. The molecule has 1 aliphatic carbocycles. The van der Waals surface area contributed by atoms with Crippen molar-refractivity contribution in [2.45, 2.75) is 39.2 Å². The van der Waals surface area contributed by atoms with Crippen LogP contribution in [0.3, 0.4) is 0 Å². The lowest BCUT2D eigenvalue weighted by atomic mass is 9.96. The zero-order valence-corrected chi connectivity index (χ0v) is 12.7. The molecule has 2 aromatic rings. The van der Waals surface area contributed by atoms with Gasteiger partial charge in [-0.2, -0.15) is 0 Å². The molecule has 110 valence electrons. The second-order valence-electron chi connectivity index (χ2n) is 5.43. The van der Waals surface area contributed by atoms with Gasteiger partial charge >= 0.3 is 0 Å². The molecule has 1 aromatic heterocycles. The Morgan fingerprint density at radius 2 is 1.86 bits per heavy atom. The van der Waals surface area contributed by atoms with Crippen LogP contribution in [0.4, 0.5) is 5.82 Å². The molecule has 0 atom stereocenters. The molecule has 1 aromatic carbocycles. The van der Waals surface area contributed by atoms with E-state index in [0.29, 0.717) is 6.54 Å². The molecule has 0 spiro atoms. The van der Waals surface area contributed by atoms with E-state index in [-0.39, 0.29) is 0 Å². The first-order valence-corrected chi connectivity index (χ1v) is 7.50. The maximum atomic E-state index is 5.60. The molecule has 4 nitrogen and oxygen atoms in total. The summed E-state index contributed by atoms with van der Waals surface area (Å²) in [5, 5.41) is 1.88. The van der Waals surface area contributed by atoms with Crippen LogP contribution in [-0.2, 0) is 24.2 Å². The van der Waals surface area contributed by atoms with Gasteiger partial charge in [0.15, 0.2) is 5.82 Å². The fraction of sp³-hybridized carbons (Fsp3) is 0.412. The molecule has 0 amide bonds. The Morgan fingerprint density at radius 1 is 1.10 bits per heavy atom. The van der Waals surface area contributed by atoms with Crippen molar-refractivity contribution in [2.24, 2.45) is 0 Å². The average Bonchev–Trinajstić information content (AvgIpc) is 2.53. The largest absolute Gasteiger partial charge is 0.275 e. The summed E-state index contributed by atoms with van der Waals surface area (Å²) in [5.74, 6) is 1.75. The fourth-order valence-corrected chi connectivity index (χ4v) is 2.88. The Hall–Kier alpha value is -1.94. The smallest absolute Gasteiger partial charge is 0.159 e. The van der Waals surface area contributed by atoms with Crippen LogP contribution in [0.2, 0.25) is 0 Å². The molecule has 21 heavy (non-hydrogen) atoms. The first kappa shape index (κ1) is 14.0. The highest BCUT2D eigenvalue weighted by Crippen LogP contribution is 2.28. The van der Waals surface area contributed by atoms with Crippen molar-refractivity contribution in [3.05, 3.63) is 53.0 Å². The zero-order chi connectivity index (χ0) is 14.7. The van der Waals surface area contributed by atoms with Gasteiger partial charge in [-0.3, -0.25) is 4.84 Å². The van der Waals surface area contributed by atoms with Crippen LogP contribution in [0.25, 0.3) is 0 Å². The number of hydroxylamine groups is 1. The van der Waals surface area contributed by atoms with Gasteiger partial charge in [-0.25, -0.2) is 15.0 Å². The highest BCUT2D eigenvalue weighted by Gasteiger charge is 2.21. The minimum Gasteiger partial charge on any atom is -0.275 e. The van der Waals surface area contributed by atoms with Crippen molar-refractivity contribution in [3.8, 4) is 0 Å². The standard InChI is InChI=1S/C17H21N3O/c1-13-18-16-11-7-6-10-15(16)17(19-13)20(21-2)12-14-8-4-3-5-9-14/h3-5,8-9H,6-7,10-12H2,1-2H3. The van der Waals surface area contributed by atoms with Gasteiger partial charge in [-0.1, -0.05) is 30.3 Å². The van der Waals surface area contributed by atoms with Crippen LogP contribution in [0, 0.1) is 6.92 Å². The Balaban J connectivity index is 1.95. The van der Waals surface area contributed by atoms with E-state index in [4.69, 9.17) is 4.84 Å². The van der Waals surface area contributed by atoms with E-state index in [1.807, 2.05) is 30.2 Å². The van der Waals surface area contributed by atoms with E-state index < -0.39 is 0 Å². The average molecular weight is 283 g/mol. The lowest BCUT2D eigenvalue weighted by Gasteiger charge is -2.26. The second kappa shape index (κ2) is 6.22. The Morgan fingerprint density at radius 3 is 2.62 bits per heavy atom. The molecular formula is C17H21N3O. The van der Waals surface area contributed by atoms with E-state index in [9.17, 15) is 0 Å². The highest BCUT2D eigenvalue weighted by atomic mass is 16.7. The first-order valence-electron chi connectivity index (χ1n) is 7.50. The van der Waals surface area contributed by atoms with Crippen LogP contribution >= 0.6 is 0 Å². The number of aryl methyl sites for hydroxylation is 2. The molecule has 0 saturated carbocycles. The summed E-state index contributed by atoms with van der Waals surface area (Å²) in [5.41, 5.74) is 3.66. The number of anilines is 1. The topological polar surface area (TPSA) is 38.2 Å². The third-order valence-electron chi connectivity index (χ3n) is 3.90. The van der Waals surface area contributed by atoms with E-state index in [1.54, 1.807) is 7.11 Å². The lowest BCUT2D eigenvalue weighted by molar-refractivity contribution is 0.159. The summed E-state index contributed by atoms with van der Waals surface area (Å²) in [6, 6.07) is 10.3. The summed E-state index contributed by atoms with van der Waals surface area (Å²) in [6.45, 7) is 2.65. The minimum atomic E-state index is 0.695. The summed E-state index contributed by atoms with van der Waals surface area (Å²) in [7, 11) is 1.70. The van der Waals surface area contributed by atoms with E-state index >= 15 is 0 Å². The molecule has 0 fully saturated rings. The summed E-state index contributed by atoms with van der Waals surface area (Å²) >= 11 is 0. The third kappa shape index (κ3) is 3.05. The number of nitrogens with zero attached hydrogens (tertiary/aromatic N) is 3. The molecule has 1 aliphatic rings. The molecule has 0 unspecified atom stereocenters. The Bertz CT molecular complexity index is 613. The normalized spacial score (nSPS) is 13.8. The van der Waals surface area contributed by atoms with Gasteiger partial charge in [0.1, 0.15) is 5.82 Å². The SMILES string of the molecule is CON(Cc1ccccc1)c1nc(C)nc2c1CCCC2. The fourth-order valence-electron chi connectivity index (χ4n) is 2.88. The monoisotopic (exact) mass is 283 g/mol. The van der Waals surface area contributed by atoms with Crippen LogP contribution in [-0.4, -0.2) is 17.1 Å². The van der Waals surface area contributed by atoms with Crippen molar-refractivity contribution >= 4 is 5.82 Å². The molecule has 4 heteroatoms. The van der Waals surface area contributed by atoms with Crippen molar-refractivity contribution in [3.63, 3.8) is 0 Å². The van der Waals surface area contributed by atoms with Gasteiger partial charge < -0.3 is 0 Å². The van der Waals surface area contributed by atoms with Crippen molar-refractivity contribution in [2.75, 3.05) is 12.2 Å². The Kier molecular flexibility index (Phi) is 4.15. The predicted molar refractivity (Wildman–Crippen MR) is 83.0 cm³/mol. The summed E-state index contributed by atoms with van der Waals surface area (Å²) < 4.78 is 0. The molecule has 0 aliphatic heterocycles. The molecule has 0 radical (unpaired) electrons. The number of benzene rings is 1. The van der Waals surface area contributed by atoms with Gasteiger partial charge in [0, 0.05) is 11.3 Å². The number of hydrogen-bond donors (Lipinski definition) is 0.